The Kier molecular flexibility index (Phi) is 56.4. The van der Waals surface area contributed by atoms with E-state index in [9.17, 15) is 0 Å². The number of rotatable bonds is 52. The van der Waals surface area contributed by atoms with Crippen LogP contribution in [0.2, 0.25) is 0 Å². The summed E-state index contributed by atoms with van der Waals surface area (Å²) in [6.07, 6.45) is 66.3. The minimum Gasteiger partial charge on any atom is -0.663 e. The molecular weight excluding hydrogens is 1190 g/mol. The fourth-order valence-corrected chi connectivity index (χ4v) is 13.1. The predicted octanol–water partition coefficient (Wildman–Crippen LogP) is 28.7. The van der Waals surface area contributed by atoms with Gasteiger partial charge in [-0.2, -0.15) is 13.1 Å². The van der Waals surface area contributed by atoms with Gasteiger partial charge in [-0.05, 0) is 207 Å². The van der Waals surface area contributed by atoms with E-state index in [-0.39, 0.29) is 16.5 Å². The first-order valence-corrected chi connectivity index (χ1v) is 39.8. The molecule has 0 aliphatic carbocycles. The summed E-state index contributed by atoms with van der Waals surface area (Å²) in [7, 11) is 4.17. The average molecular weight is 1330 g/mol. The fourth-order valence-electron chi connectivity index (χ4n) is 13.1. The first-order chi connectivity index (χ1) is 45.4. The average Bonchev–Trinajstić information content (AvgIpc) is 1.17. The van der Waals surface area contributed by atoms with E-state index in [1.54, 1.807) is 33.4 Å². The van der Waals surface area contributed by atoms with Crippen molar-refractivity contribution in [1.29, 1.82) is 0 Å². The summed E-state index contributed by atoms with van der Waals surface area (Å²) in [4.78, 5) is 0. The molecule has 0 bridgehead atoms. The van der Waals surface area contributed by atoms with Gasteiger partial charge in [0.15, 0.2) is 26.5 Å². The topological polar surface area (TPSA) is 44.8 Å². The minimum absolute atomic E-state index is 0. The molecule has 0 saturated carbocycles. The molecule has 0 fully saturated rings. The number of aryl methyl sites for hydroxylation is 8. The summed E-state index contributed by atoms with van der Waals surface area (Å²) in [6.45, 7) is 28.9. The summed E-state index contributed by atoms with van der Waals surface area (Å²) in [5.41, 5.74) is 20.0. The third-order valence-corrected chi connectivity index (χ3v) is 18.5. The van der Waals surface area contributed by atoms with Crippen LogP contribution in [-0.4, -0.2) is 36.6 Å². The first-order valence-electron chi connectivity index (χ1n) is 39.8. The van der Waals surface area contributed by atoms with Gasteiger partial charge < -0.3 is 5.32 Å². The van der Waals surface area contributed by atoms with Crippen LogP contribution in [0.15, 0.2) is 83.3 Å². The van der Waals surface area contributed by atoms with E-state index in [1.165, 1.54) is 316 Å². The molecule has 0 aliphatic heterocycles. The monoisotopic (exact) mass is 1330 g/mol. The zero-order valence-electron chi connectivity index (χ0n) is 64.2. The summed E-state index contributed by atoms with van der Waals surface area (Å²) < 4.78 is 4.04. The molecule has 0 saturated heterocycles. The summed E-state index contributed by atoms with van der Waals surface area (Å²) in [5.74, 6) is 0. The largest absolute Gasteiger partial charge is 2.00 e. The summed E-state index contributed by atoms with van der Waals surface area (Å²) in [6, 6.07) is 23.7. The SMILES string of the molecule is CCCCCCCCc1cc(C)cc(C=C[N+](C)=Nc2cc(CCCC)c(CCCCCC)c(CCCCCCCC)c2)c1.CCCCCCCCc1cc(C)cc(C=C[N+](C)=Nc2cc(CCCC)c(CCCCCC)c(CCCCCCCC)c2)c1.CC[N-]CC.[Ni+2]. The Bertz CT molecular complexity index is 2430. The molecule has 0 heterocycles. The van der Waals surface area contributed by atoms with Crippen LogP contribution in [0.25, 0.3) is 17.5 Å². The molecule has 6 heteroatoms. The molecule has 532 valence electrons. The van der Waals surface area contributed by atoms with E-state index in [4.69, 9.17) is 10.2 Å². The number of hydrogen-bond donors (Lipinski definition) is 0. The van der Waals surface area contributed by atoms with Crippen LogP contribution < -0.4 is 0 Å². The quantitative estimate of drug-likeness (QED) is 0.0183. The second-order valence-corrected chi connectivity index (χ2v) is 27.7. The van der Waals surface area contributed by atoms with Crippen molar-refractivity contribution in [1.82, 2.24) is 0 Å². The van der Waals surface area contributed by atoms with Gasteiger partial charge in [0.1, 0.15) is 11.4 Å². The summed E-state index contributed by atoms with van der Waals surface area (Å²) in [5, 5.41) is 14.2. The molecule has 0 N–H and O–H groups in total. The minimum atomic E-state index is 0. The van der Waals surface area contributed by atoms with Crippen molar-refractivity contribution < 1.29 is 25.9 Å². The van der Waals surface area contributed by atoms with Gasteiger partial charge in [0.25, 0.3) is 0 Å². The molecule has 0 amide bonds. The normalized spacial score (nSPS) is 11.8. The van der Waals surface area contributed by atoms with Crippen molar-refractivity contribution in [2.75, 3.05) is 27.2 Å². The van der Waals surface area contributed by atoms with Crippen LogP contribution in [0.3, 0.4) is 0 Å². The van der Waals surface area contributed by atoms with Crippen LogP contribution >= 0.6 is 0 Å². The molecule has 0 atom stereocenters. The van der Waals surface area contributed by atoms with Crippen LogP contribution in [0.5, 0.6) is 0 Å². The van der Waals surface area contributed by atoms with Crippen molar-refractivity contribution in [2.45, 2.75) is 366 Å². The van der Waals surface area contributed by atoms with Crippen molar-refractivity contribution in [3.05, 3.63) is 145 Å². The van der Waals surface area contributed by atoms with Crippen molar-refractivity contribution in [2.24, 2.45) is 10.2 Å². The standard InChI is InChI=1S/2C42H69N2.C4H10N.Ni/c2*1-7-11-15-18-20-22-25-37-31-36(5)32-38(33-37)29-30-44(6)43-41-34-39(26-14-10-4)42(28-24-17-13-9-3)40(35-41)27-23-21-19-16-12-8-2;1-3-5-4-2;/h2*29-35H,7-28H2,1-6H3;3-4H2,1-2H3;/q2*+1;-1;+2. The second kappa shape index (κ2) is 60.2. The van der Waals surface area contributed by atoms with Gasteiger partial charge in [0.2, 0.25) is 0 Å². The van der Waals surface area contributed by atoms with Crippen LogP contribution in [0, 0.1) is 13.8 Å². The number of nitrogens with zero attached hydrogens (tertiary/aromatic N) is 5. The Hall–Kier alpha value is -3.99. The molecule has 0 radical (unpaired) electrons. The van der Waals surface area contributed by atoms with Crippen molar-refractivity contribution in [3.8, 4) is 0 Å². The van der Waals surface area contributed by atoms with Crippen LogP contribution in [0.4, 0.5) is 11.4 Å². The van der Waals surface area contributed by atoms with Gasteiger partial charge in [-0.15, -0.1) is 0 Å². The first kappa shape index (κ1) is 88.0. The van der Waals surface area contributed by atoms with Gasteiger partial charge >= 0.3 is 16.5 Å². The summed E-state index contributed by atoms with van der Waals surface area (Å²) >= 11 is 0. The maximum Gasteiger partial charge on any atom is 2.00 e. The Morgan fingerprint density at radius 1 is 0.298 bits per heavy atom. The maximum absolute atomic E-state index is 5.10. The third-order valence-electron chi connectivity index (χ3n) is 18.5. The molecule has 0 aromatic heterocycles. The van der Waals surface area contributed by atoms with Gasteiger partial charge in [-0.3, -0.25) is 0 Å². The molecule has 0 unspecified atom stereocenters. The van der Waals surface area contributed by atoms with Gasteiger partial charge in [0.05, 0.1) is 0 Å². The number of benzene rings is 4. The molecule has 4 aromatic carbocycles. The zero-order chi connectivity index (χ0) is 67.8. The van der Waals surface area contributed by atoms with E-state index >= 15 is 0 Å². The molecule has 4 rings (SSSR count). The second-order valence-electron chi connectivity index (χ2n) is 27.7. The number of unbranched alkanes of at least 4 members (excludes halogenated alkanes) is 28. The molecule has 5 nitrogen and oxygen atoms in total. The van der Waals surface area contributed by atoms with Crippen molar-refractivity contribution in [3.63, 3.8) is 0 Å². The van der Waals surface area contributed by atoms with E-state index < -0.39 is 0 Å². The Morgan fingerprint density at radius 3 is 0.840 bits per heavy atom. The van der Waals surface area contributed by atoms with Crippen LogP contribution in [-0.2, 0) is 67.9 Å². The molecule has 94 heavy (non-hydrogen) atoms. The maximum atomic E-state index is 5.10. The molecule has 0 spiro atoms. The molecule has 4 aromatic rings. The van der Waals surface area contributed by atoms with E-state index in [2.05, 4.69) is 174 Å². The van der Waals surface area contributed by atoms with Crippen molar-refractivity contribution >= 4 is 23.5 Å². The fraction of sp³-hybridized carbons (Fsp3) is 0.682. The predicted molar refractivity (Wildman–Crippen MR) is 416 cm³/mol. The number of azo groups is 4. The van der Waals surface area contributed by atoms with Gasteiger partial charge in [-0.25, -0.2) is 0 Å². The molecule has 0 aliphatic rings. The Balaban J connectivity index is 0.000000867. The van der Waals surface area contributed by atoms with E-state index in [0.717, 1.165) is 24.5 Å². The Labute approximate surface area is 594 Å². The van der Waals surface area contributed by atoms with Gasteiger partial charge in [0, 0.05) is 12.2 Å². The molecular formula is C88H148N5Ni+3. The zero-order valence-corrected chi connectivity index (χ0v) is 65.1. The third kappa shape index (κ3) is 43.3. The van der Waals surface area contributed by atoms with E-state index in [1.807, 2.05) is 23.2 Å². The van der Waals surface area contributed by atoms with Crippen LogP contribution in [0.1, 0.15) is 367 Å². The van der Waals surface area contributed by atoms with Gasteiger partial charge in [-0.1, -0.05) is 306 Å². The van der Waals surface area contributed by atoms with E-state index in [0.29, 0.717) is 0 Å². The number of hydrogen-bond acceptors (Lipinski definition) is 2. The smallest absolute Gasteiger partial charge is 0.663 e. The Morgan fingerprint density at radius 2 is 0.553 bits per heavy atom.